The van der Waals surface area contributed by atoms with Crippen LogP contribution in [0.3, 0.4) is 0 Å². The molecule has 0 spiro atoms. The minimum Gasteiger partial charge on any atom is -0.466 e. The number of rotatable bonds is 3. The third-order valence-electron chi connectivity index (χ3n) is 3.43. The minimum absolute atomic E-state index is 0.00205. The fourth-order valence-electron chi connectivity index (χ4n) is 2.46. The van der Waals surface area contributed by atoms with E-state index in [9.17, 15) is 4.79 Å². The Kier molecular flexibility index (Phi) is 4.20. The van der Waals surface area contributed by atoms with Crippen LogP contribution in [0.15, 0.2) is 18.3 Å². The standard InChI is InChI=1S/C15H20N2O2/c1-3-19-15(18)12-6-4-11(5-7-12)14-10(2)8-13(16)9-17-14/h4,8-9,12H,3,5-7,16H2,1-2H3. The maximum absolute atomic E-state index is 11.7. The zero-order valence-electron chi connectivity index (χ0n) is 11.5. The molecule has 0 bridgehead atoms. The summed E-state index contributed by atoms with van der Waals surface area (Å²) < 4.78 is 5.06. The van der Waals surface area contributed by atoms with Gasteiger partial charge in [0.15, 0.2) is 0 Å². The lowest BCUT2D eigenvalue weighted by atomic mass is 9.87. The molecule has 0 amide bonds. The molecule has 1 aromatic heterocycles. The van der Waals surface area contributed by atoms with E-state index in [4.69, 9.17) is 10.5 Å². The average Bonchev–Trinajstić information content (AvgIpc) is 2.39. The predicted molar refractivity (Wildman–Crippen MR) is 75.3 cm³/mol. The Morgan fingerprint density at radius 3 is 2.95 bits per heavy atom. The zero-order chi connectivity index (χ0) is 13.8. The van der Waals surface area contributed by atoms with Crippen LogP contribution in [0.4, 0.5) is 5.69 Å². The summed E-state index contributed by atoms with van der Waals surface area (Å²) in [4.78, 5) is 16.1. The number of nitrogens with two attached hydrogens (primary N) is 1. The molecule has 0 radical (unpaired) electrons. The number of hydrogen-bond acceptors (Lipinski definition) is 4. The second-order valence-corrected chi connectivity index (χ2v) is 4.89. The van der Waals surface area contributed by atoms with Gasteiger partial charge >= 0.3 is 5.97 Å². The normalized spacial score (nSPS) is 18.8. The van der Waals surface area contributed by atoms with Gasteiger partial charge in [0.25, 0.3) is 0 Å². The number of carbonyl (C=O) groups is 1. The van der Waals surface area contributed by atoms with Gasteiger partial charge in [-0.25, -0.2) is 0 Å². The second kappa shape index (κ2) is 5.87. The summed E-state index contributed by atoms with van der Waals surface area (Å²) in [6.45, 7) is 4.30. The van der Waals surface area contributed by atoms with Crippen molar-refractivity contribution in [3.8, 4) is 0 Å². The van der Waals surface area contributed by atoms with E-state index in [-0.39, 0.29) is 11.9 Å². The van der Waals surface area contributed by atoms with Gasteiger partial charge in [0.1, 0.15) is 0 Å². The first-order chi connectivity index (χ1) is 9.11. The molecule has 4 nitrogen and oxygen atoms in total. The van der Waals surface area contributed by atoms with Gasteiger partial charge in [0, 0.05) is 0 Å². The predicted octanol–water partition coefficient (Wildman–Crippen LogP) is 2.72. The Labute approximate surface area is 113 Å². The average molecular weight is 260 g/mol. The summed E-state index contributed by atoms with van der Waals surface area (Å²) in [7, 11) is 0. The number of allylic oxidation sites excluding steroid dienone is 2. The number of nitrogens with zero attached hydrogens (tertiary/aromatic N) is 1. The lowest BCUT2D eigenvalue weighted by molar-refractivity contribution is -0.148. The van der Waals surface area contributed by atoms with Gasteiger partial charge in [-0.3, -0.25) is 9.78 Å². The molecule has 0 saturated carbocycles. The third-order valence-corrected chi connectivity index (χ3v) is 3.43. The van der Waals surface area contributed by atoms with Crippen LogP contribution in [0, 0.1) is 12.8 Å². The Hall–Kier alpha value is -1.84. The van der Waals surface area contributed by atoms with E-state index >= 15 is 0 Å². The molecule has 1 aliphatic rings. The van der Waals surface area contributed by atoms with Crippen LogP contribution < -0.4 is 5.73 Å². The Morgan fingerprint density at radius 2 is 2.37 bits per heavy atom. The van der Waals surface area contributed by atoms with E-state index in [1.807, 2.05) is 19.9 Å². The molecule has 1 aromatic rings. The molecule has 102 valence electrons. The quantitative estimate of drug-likeness (QED) is 0.849. The van der Waals surface area contributed by atoms with Crippen molar-refractivity contribution in [2.75, 3.05) is 12.3 Å². The number of aryl methyl sites for hydroxylation is 1. The number of hydrogen-bond donors (Lipinski definition) is 1. The highest BCUT2D eigenvalue weighted by Gasteiger charge is 2.23. The number of carbonyl (C=O) groups excluding carboxylic acids is 1. The van der Waals surface area contributed by atoms with Crippen molar-refractivity contribution in [1.29, 1.82) is 0 Å². The molecule has 0 aromatic carbocycles. The first-order valence-electron chi connectivity index (χ1n) is 6.70. The molecule has 0 aliphatic heterocycles. The number of ether oxygens (including phenoxy) is 1. The fourth-order valence-corrected chi connectivity index (χ4v) is 2.46. The number of anilines is 1. The van der Waals surface area contributed by atoms with Crippen LogP contribution >= 0.6 is 0 Å². The van der Waals surface area contributed by atoms with Gasteiger partial charge in [-0.2, -0.15) is 0 Å². The molecule has 1 unspecified atom stereocenters. The second-order valence-electron chi connectivity index (χ2n) is 4.89. The topological polar surface area (TPSA) is 65.2 Å². The van der Waals surface area contributed by atoms with Gasteiger partial charge < -0.3 is 10.5 Å². The molecule has 19 heavy (non-hydrogen) atoms. The van der Waals surface area contributed by atoms with Crippen LogP contribution in [-0.2, 0) is 9.53 Å². The molecule has 4 heteroatoms. The number of esters is 1. The molecular weight excluding hydrogens is 240 g/mol. The van der Waals surface area contributed by atoms with Gasteiger partial charge in [-0.15, -0.1) is 0 Å². The molecule has 2 rings (SSSR count). The van der Waals surface area contributed by atoms with Crippen LogP contribution in [0.1, 0.15) is 37.4 Å². The summed E-state index contributed by atoms with van der Waals surface area (Å²) >= 11 is 0. The Balaban J connectivity index is 2.10. The molecule has 1 aliphatic carbocycles. The highest BCUT2D eigenvalue weighted by molar-refractivity contribution is 5.75. The van der Waals surface area contributed by atoms with Crippen molar-refractivity contribution in [2.24, 2.45) is 5.92 Å². The summed E-state index contributed by atoms with van der Waals surface area (Å²) in [5, 5.41) is 0. The largest absolute Gasteiger partial charge is 0.466 e. The Bertz CT molecular complexity index is 509. The van der Waals surface area contributed by atoms with Crippen molar-refractivity contribution in [2.45, 2.75) is 33.1 Å². The lowest BCUT2D eigenvalue weighted by Gasteiger charge is -2.21. The maximum atomic E-state index is 11.7. The number of aromatic nitrogens is 1. The molecular formula is C15H20N2O2. The van der Waals surface area contributed by atoms with E-state index in [1.54, 1.807) is 6.20 Å². The van der Waals surface area contributed by atoms with Crippen LogP contribution in [0.5, 0.6) is 0 Å². The SMILES string of the molecule is CCOC(=O)C1CC=C(c2ncc(N)cc2C)CC1. The van der Waals surface area contributed by atoms with Crippen LogP contribution in [0.25, 0.3) is 5.57 Å². The zero-order valence-corrected chi connectivity index (χ0v) is 11.5. The Morgan fingerprint density at radius 1 is 1.58 bits per heavy atom. The van der Waals surface area contributed by atoms with Crippen molar-refractivity contribution >= 4 is 17.2 Å². The fraction of sp³-hybridized carbons (Fsp3) is 0.467. The van der Waals surface area contributed by atoms with Gasteiger partial charge in [0.05, 0.1) is 30.1 Å². The summed E-state index contributed by atoms with van der Waals surface area (Å²) in [6, 6.07) is 1.93. The highest BCUT2D eigenvalue weighted by Crippen LogP contribution is 2.31. The summed E-state index contributed by atoms with van der Waals surface area (Å²) in [5.41, 5.74) is 9.68. The minimum atomic E-state index is -0.0835. The third kappa shape index (κ3) is 3.13. The monoisotopic (exact) mass is 260 g/mol. The van der Waals surface area contributed by atoms with Crippen molar-refractivity contribution < 1.29 is 9.53 Å². The van der Waals surface area contributed by atoms with E-state index in [0.717, 1.165) is 30.5 Å². The number of nitrogen functional groups attached to an aromatic ring is 1. The maximum Gasteiger partial charge on any atom is 0.309 e. The van der Waals surface area contributed by atoms with Crippen molar-refractivity contribution in [3.63, 3.8) is 0 Å². The van der Waals surface area contributed by atoms with E-state index in [0.29, 0.717) is 12.3 Å². The first kappa shape index (κ1) is 13.6. The van der Waals surface area contributed by atoms with Crippen molar-refractivity contribution in [1.82, 2.24) is 4.98 Å². The molecule has 0 saturated heterocycles. The molecule has 2 N–H and O–H groups in total. The number of pyridine rings is 1. The summed E-state index contributed by atoms with van der Waals surface area (Å²) in [5.74, 6) is -0.0856. The van der Waals surface area contributed by atoms with Crippen molar-refractivity contribution in [3.05, 3.63) is 29.6 Å². The molecule has 1 atom stereocenters. The van der Waals surface area contributed by atoms with Crippen LogP contribution in [-0.4, -0.2) is 17.6 Å². The smallest absolute Gasteiger partial charge is 0.309 e. The lowest BCUT2D eigenvalue weighted by Crippen LogP contribution is -2.19. The van der Waals surface area contributed by atoms with E-state index < -0.39 is 0 Å². The molecule has 1 heterocycles. The van der Waals surface area contributed by atoms with Gasteiger partial charge in [0.2, 0.25) is 0 Å². The van der Waals surface area contributed by atoms with Gasteiger partial charge in [-0.1, -0.05) is 6.08 Å². The highest BCUT2D eigenvalue weighted by atomic mass is 16.5. The first-order valence-corrected chi connectivity index (χ1v) is 6.70. The van der Waals surface area contributed by atoms with Crippen LogP contribution in [0.2, 0.25) is 0 Å². The molecule has 0 fully saturated rings. The summed E-state index contributed by atoms with van der Waals surface area (Å²) in [6.07, 6.45) is 6.22. The van der Waals surface area contributed by atoms with E-state index in [2.05, 4.69) is 11.1 Å². The van der Waals surface area contributed by atoms with Gasteiger partial charge in [-0.05, 0) is 50.3 Å². The van der Waals surface area contributed by atoms with E-state index in [1.165, 1.54) is 5.57 Å².